The van der Waals surface area contributed by atoms with E-state index in [2.05, 4.69) is 27.6 Å². The van der Waals surface area contributed by atoms with Crippen molar-refractivity contribution in [2.75, 3.05) is 66.8 Å². The Morgan fingerprint density at radius 3 is 1.77 bits per heavy atom. The third kappa shape index (κ3) is 27.1. The summed E-state index contributed by atoms with van der Waals surface area (Å²) in [5.41, 5.74) is 0. The molecule has 1 aliphatic rings. The van der Waals surface area contributed by atoms with Crippen LogP contribution in [0.5, 0.6) is 0 Å². The first-order valence-electron chi connectivity index (χ1n) is 18.3. The summed E-state index contributed by atoms with van der Waals surface area (Å²) in [7, 11) is 2.62. The topological polar surface area (TPSA) is 57.2 Å². The molecule has 1 saturated heterocycles. The molecule has 1 N–H and O–H groups in total. The molecule has 2 atom stereocenters. The van der Waals surface area contributed by atoms with E-state index in [1.165, 1.54) is 116 Å². The van der Waals surface area contributed by atoms with E-state index in [1.54, 1.807) is 0 Å². The van der Waals surface area contributed by atoms with E-state index in [0.29, 0.717) is 26.4 Å². The van der Waals surface area contributed by atoms with Gasteiger partial charge in [-0.05, 0) is 57.5 Å². The molecular weight excluding hydrogens is 578 g/mol. The van der Waals surface area contributed by atoms with Crippen molar-refractivity contribution in [3.05, 3.63) is 0 Å². The molecular formula is C35H74ClNO5Si. The van der Waals surface area contributed by atoms with Crippen molar-refractivity contribution in [2.24, 2.45) is 0 Å². The van der Waals surface area contributed by atoms with Crippen molar-refractivity contribution in [1.82, 2.24) is 0 Å². The molecule has 1 fully saturated rings. The van der Waals surface area contributed by atoms with Crippen LogP contribution in [0.25, 0.3) is 0 Å². The number of aliphatic hydroxyl groups is 1. The summed E-state index contributed by atoms with van der Waals surface area (Å²) in [5.74, 6) is 0. The van der Waals surface area contributed by atoms with Gasteiger partial charge in [0.15, 0.2) is 0 Å². The smallest absolute Gasteiger partial charge is 0.335 e. The number of quaternary nitrogens is 1. The highest BCUT2D eigenvalue weighted by Gasteiger charge is 2.33. The maximum Gasteiger partial charge on any atom is 0.335 e. The van der Waals surface area contributed by atoms with Crippen molar-refractivity contribution in [1.29, 1.82) is 0 Å². The Kier molecular flexibility index (Phi) is 29.8. The molecule has 1 rings (SSSR count). The number of aliphatic hydroxyl groups excluding tert-OH is 1. The van der Waals surface area contributed by atoms with Crippen molar-refractivity contribution >= 4 is 8.56 Å². The van der Waals surface area contributed by atoms with Crippen LogP contribution in [-0.2, 0) is 18.3 Å². The lowest BCUT2D eigenvalue weighted by Gasteiger charge is -2.32. The Labute approximate surface area is 275 Å². The van der Waals surface area contributed by atoms with Gasteiger partial charge >= 0.3 is 8.56 Å². The second kappa shape index (κ2) is 29.7. The Morgan fingerprint density at radius 2 is 1.19 bits per heavy atom. The van der Waals surface area contributed by atoms with E-state index in [0.717, 1.165) is 49.2 Å². The van der Waals surface area contributed by atoms with Gasteiger partial charge in [0.05, 0.1) is 53.1 Å². The molecule has 0 bridgehead atoms. The standard InChI is InChI=1S/C35H74NO5Si.ClH/c1-5-6-7-8-9-10-11-12-13-14-15-16-17-18-19-21-26-36(2,3)27-24-33-42(4)40-30-25-35(39-31-32-41-42)34-38-29-23-20-22-28-37;/h35,37H,5-34H2,1-4H3;1H/q+1;/p-1. The second-order valence-corrected chi connectivity index (χ2v) is 17.1. The third-order valence-corrected chi connectivity index (χ3v) is 11.8. The molecule has 0 amide bonds. The van der Waals surface area contributed by atoms with Crippen LogP contribution in [0.4, 0.5) is 0 Å². The predicted molar refractivity (Wildman–Crippen MR) is 180 cm³/mol. The van der Waals surface area contributed by atoms with E-state index in [9.17, 15) is 0 Å². The largest absolute Gasteiger partial charge is 1.00 e. The fourth-order valence-corrected chi connectivity index (χ4v) is 8.25. The highest BCUT2D eigenvalue weighted by Crippen LogP contribution is 2.21. The summed E-state index contributed by atoms with van der Waals surface area (Å²) < 4.78 is 25.6. The Bertz CT molecular complexity index is 588. The average Bonchev–Trinajstić information content (AvgIpc) is 3.05. The van der Waals surface area contributed by atoms with E-state index in [1.807, 2.05) is 0 Å². The van der Waals surface area contributed by atoms with Gasteiger partial charge < -0.3 is 40.3 Å². The fourth-order valence-electron chi connectivity index (χ4n) is 6.01. The highest BCUT2D eigenvalue weighted by molar-refractivity contribution is 6.66. The Balaban J connectivity index is 0.0000176. The van der Waals surface area contributed by atoms with Gasteiger partial charge in [-0.1, -0.05) is 96.8 Å². The SMILES string of the molecule is CCCCCCCCCCCCCCCCCC[N+](C)(C)CCC[Si]1(C)OCCOC(COCCCCCO)CCO1.[Cl-]. The van der Waals surface area contributed by atoms with Gasteiger partial charge in [-0.2, -0.15) is 0 Å². The van der Waals surface area contributed by atoms with Crippen molar-refractivity contribution < 1.29 is 40.3 Å². The van der Waals surface area contributed by atoms with Crippen LogP contribution in [0.3, 0.4) is 0 Å². The summed E-state index contributed by atoms with van der Waals surface area (Å²) in [6, 6.07) is 1.06. The van der Waals surface area contributed by atoms with Crippen LogP contribution in [0.15, 0.2) is 0 Å². The molecule has 0 spiro atoms. The zero-order chi connectivity index (χ0) is 30.6. The van der Waals surface area contributed by atoms with Gasteiger partial charge in [-0.25, -0.2) is 0 Å². The minimum Gasteiger partial charge on any atom is -1.00 e. The molecule has 0 aromatic carbocycles. The van der Waals surface area contributed by atoms with E-state index in [-0.39, 0.29) is 25.1 Å². The van der Waals surface area contributed by atoms with Crippen LogP contribution in [0.2, 0.25) is 12.6 Å². The first kappa shape index (κ1) is 43.3. The lowest BCUT2D eigenvalue weighted by Crippen LogP contribution is -3.00. The summed E-state index contributed by atoms with van der Waals surface area (Å²) in [6.07, 6.45) is 27.8. The molecule has 43 heavy (non-hydrogen) atoms. The minimum atomic E-state index is -2.16. The number of rotatable bonds is 28. The number of unbranched alkanes of at least 4 members (excludes halogenated alkanes) is 17. The molecule has 1 aliphatic heterocycles. The lowest BCUT2D eigenvalue weighted by atomic mass is 10.0. The maximum atomic E-state index is 8.88. The molecule has 0 saturated carbocycles. The number of hydrogen-bond acceptors (Lipinski definition) is 5. The molecule has 0 aliphatic carbocycles. The fraction of sp³-hybridized carbons (Fsp3) is 1.00. The van der Waals surface area contributed by atoms with Crippen molar-refractivity contribution in [3.8, 4) is 0 Å². The third-order valence-electron chi connectivity index (χ3n) is 8.95. The van der Waals surface area contributed by atoms with Crippen LogP contribution < -0.4 is 12.4 Å². The number of halogens is 1. The molecule has 0 aromatic rings. The minimum absolute atomic E-state index is 0. The maximum absolute atomic E-state index is 8.88. The molecule has 2 unspecified atom stereocenters. The highest BCUT2D eigenvalue weighted by atomic mass is 35.5. The van der Waals surface area contributed by atoms with Crippen LogP contribution >= 0.6 is 0 Å². The number of nitrogens with zero attached hydrogens (tertiary/aromatic N) is 1. The quantitative estimate of drug-likeness (QED) is 0.0659. The molecule has 260 valence electrons. The van der Waals surface area contributed by atoms with Crippen LogP contribution in [-0.4, -0.2) is 91.1 Å². The zero-order valence-electron chi connectivity index (χ0n) is 29.2. The molecule has 8 heteroatoms. The Morgan fingerprint density at radius 1 is 0.674 bits per heavy atom. The van der Waals surface area contributed by atoms with Gasteiger partial charge in [-0.3, -0.25) is 0 Å². The van der Waals surface area contributed by atoms with Gasteiger partial charge in [0, 0.05) is 19.8 Å². The van der Waals surface area contributed by atoms with Crippen LogP contribution in [0, 0.1) is 0 Å². The molecule has 0 aromatic heterocycles. The van der Waals surface area contributed by atoms with Gasteiger partial charge in [-0.15, -0.1) is 0 Å². The summed E-state index contributed by atoms with van der Waals surface area (Å²) in [4.78, 5) is 0. The molecule has 1 heterocycles. The second-order valence-electron chi connectivity index (χ2n) is 13.8. The lowest BCUT2D eigenvalue weighted by molar-refractivity contribution is -0.890. The summed E-state index contributed by atoms with van der Waals surface area (Å²) >= 11 is 0. The van der Waals surface area contributed by atoms with E-state index < -0.39 is 8.56 Å². The van der Waals surface area contributed by atoms with Crippen LogP contribution in [0.1, 0.15) is 142 Å². The van der Waals surface area contributed by atoms with Gasteiger partial charge in [0.25, 0.3) is 0 Å². The van der Waals surface area contributed by atoms with E-state index in [4.69, 9.17) is 23.4 Å². The number of ether oxygens (including phenoxy) is 2. The first-order chi connectivity index (χ1) is 20.4. The van der Waals surface area contributed by atoms with E-state index >= 15 is 0 Å². The Hall–Kier alpha value is 0.267. The zero-order valence-corrected chi connectivity index (χ0v) is 31.0. The predicted octanol–water partition coefficient (Wildman–Crippen LogP) is 5.79. The number of hydrogen-bond donors (Lipinski definition) is 1. The van der Waals surface area contributed by atoms with Crippen molar-refractivity contribution in [2.45, 2.75) is 160 Å². The summed E-state index contributed by atoms with van der Waals surface area (Å²) in [6.45, 7) is 10.5. The van der Waals surface area contributed by atoms with Gasteiger partial charge in [0.2, 0.25) is 0 Å². The summed E-state index contributed by atoms with van der Waals surface area (Å²) in [5, 5.41) is 8.88. The van der Waals surface area contributed by atoms with Crippen molar-refractivity contribution in [3.63, 3.8) is 0 Å². The molecule has 0 radical (unpaired) electrons. The molecule has 6 nitrogen and oxygen atoms in total. The average molecular weight is 653 g/mol. The normalized spacial score (nSPS) is 19.9. The first-order valence-corrected chi connectivity index (χ1v) is 20.8. The van der Waals surface area contributed by atoms with Gasteiger partial charge in [0.1, 0.15) is 0 Å². The monoisotopic (exact) mass is 652 g/mol.